The first-order chi connectivity index (χ1) is 9.72. The van der Waals surface area contributed by atoms with Gasteiger partial charge in [-0.1, -0.05) is 23.4 Å². The smallest absolute Gasteiger partial charge is 0.213 e. The van der Waals surface area contributed by atoms with Crippen LogP contribution in [0.1, 0.15) is 11.3 Å². The van der Waals surface area contributed by atoms with Crippen LogP contribution in [0.25, 0.3) is 0 Å². The van der Waals surface area contributed by atoms with Crippen molar-refractivity contribution in [3.05, 3.63) is 53.7 Å². The molecule has 6 heteroatoms. The molecule has 1 aromatic heterocycles. The molecule has 0 saturated heterocycles. The summed E-state index contributed by atoms with van der Waals surface area (Å²) < 4.78 is 10.7. The summed E-state index contributed by atoms with van der Waals surface area (Å²) in [6.07, 6.45) is 0. The van der Waals surface area contributed by atoms with Gasteiger partial charge in [-0.25, -0.2) is 4.98 Å². The van der Waals surface area contributed by atoms with Crippen LogP contribution in [0, 0.1) is 0 Å². The van der Waals surface area contributed by atoms with Gasteiger partial charge in [0.2, 0.25) is 5.88 Å². The molecule has 0 aliphatic carbocycles. The second-order valence-corrected chi connectivity index (χ2v) is 3.97. The number of hydrogen-bond donors (Lipinski definition) is 2. The average molecular weight is 273 g/mol. The molecule has 0 fully saturated rings. The zero-order valence-corrected chi connectivity index (χ0v) is 11.0. The van der Waals surface area contributed by atoms with Crippen molar-refractivity contribution in [3.63, 3.8) is 0 Å². The number of aromatic nitrogens is 1. The van der Waals surface area contributed by atoms with E-state index in [1.807, 2.05) is 12.1 Å². The molecule has 0 saturated carbocycles. The molecule has 0 aliphatic rings. The van der Waals surface area contributed by atoms with Crippen molar-refractivity contribution >= 4 is 5.84 Å². The van der Waals surface area contributed by atoms with Gasteiger partial charge in [0.05, 0.1) is 12.8 Å². The first kappa shape index (κ1) is 13.7. The minimum atomic E-state index is 0.0370. The molecule has 6 nitrogen and oxygen atoms in total. The number of ether oxygens (including phenoxy) is 2. The third kappa shape index (κ3) is 3.38. The normalized spacial score (nSPS) is 11.2. The Morgan fingerprint density at radius 2 is 2.10 bits per heavy atom. The summed E-state index contributed by atoms with van der Waals surface area (Å²) in [6, 6.07) is 12.4. The van der Waals surface area contributed by atoms with Crippen molar-refractivity contribution in [1.29, 1.82) is 0 Å². The molecule has 0 atom stereocenters. The van der Waals surface area contributed by atoms with Crippen LogP contribution < -0.4 is 15.2 Å². The zero-order valence-electron chi connectivity index (χ0n) is 11.0. The average Bonchev–Trinajstić information content (AvgIpc) is 2.52. The van der Waals surface area contributed by atoms with Gasteiger partial charge in [-0.15, -0.1) is 0 Å². The fourth-order valence-corrected chi connectivity index (χ4v) is 1.61. The van der Waals surface area contributed by atoms with E-state index in [1.54, 1.807) is 37.4 Å². The van der Waals surface area contributed by atoms with E-state index in [2.05, 4.69) is 10.1 Å². The first-order valence-electron chi connectivity index (χ1n) is 5.93. The lowest BCUT2D eigenvalue weighted by Gasteiger charge is -2.08. The van der Waals surface area contributed by atoms with Crippen molar-refractivity contribution < 1.29 is 14.7 Å². The Morgan fingerprint density at radius 3 is 2.85 bits per heavy atom. The number of amidine groups is 1. The number of oxime groups is 1. The molecule has 2 rings (SSSR count). The molecule has 0 aliphatic heterocycles. The van der Waals surface area contributed by atoms with Crippen LogP contribution in [0.2, 0.25) is 0 Å². The highest BCUT2D eigenvalue weighted by molar-refractivity contribution is 5.97. The minimum absolute atomic E-state index is 0.0370. The number of benzene rings is 1. The highest BCUT2D eigenvalue weighted by atomic mass is 16.5. The predicted octanol–water partition coefficient (Wildman–Crippen LogP) is 1.76. The van der Waals surface area contributed by atoms with Gasteiger partial charge >= 0.3 is 0 Å². The van der Waals surface area contributed by atoms with Gasteiger partial charge < -0.3 is 20.4 Å². The standard InChI is InChI=1S/C14H15N3O3/c1-19-13-7-3-5-11(16-13)9-20-12-6-2-4-10(8-12)14(15)17-18/h2-8,18H,9H2,1H3,(H2,15,17). The topological polar surface area (TPSA) is 90.0 Å². The van der Waals surface area contributed by atoms with Gasteiger partial charge in [-0.2, -0.15) is 0 Å². The fraction of sp³-hybridized carbons (Fsp3) is 0.143. The summed E-state index contributed by atoms with van der Waals surface area (Å²) in [5, 5.41) is 11.6. The van der Waals surface area contributed by atoms with Crippen LogP contribution >= 0.6 is 0 Å². The number of nitrogens with zero attached hydrogens (tertiary/aromatic N) is 2. The molecular weight excluding hydrogens is 258 g/mol. The van der Waals surface area contributed by atoms with E-state index in [-0.39, 0.29) is 5.84 Å². The summed E-state index contributed by atoms with van der Waals surface area (Å²) >= 11 is 0. The molecule has 104 valence electrons. The quantitative estimate of drug-likeness (QED) is 0.375. The highest BCUT2D eigenvalue weighted by Gasteiger charge is 2.03. The first-order valence-corrected chi connectivity index (χ1v) is 5.93. The molecule has 0 bridgehead atoms. The molecule has 3 N–H and O–H groups in total. The molecule has 0 unspecified atom stereocenters. The number of methoxy groups -OCH3 is 1. The third-order valence-electron chi connectivity index (χ3n) is 2.61. The lowest BCUT2D eigenvalue weighted by atomic mass is 10.2. The van der Waals surface area contributed by atoms with Gasteiger partial charge in [0, 0.05) is 11.6 Å². The van der Waals surface area contributed by atoms with Gasteiger partial charge in [-0.05, 0) is 18.2 Å². The predicted molar refractivity (Wildman–Crippen MR) is 74.1 cm³/mol. The van der Waals surface area contributed by atoms with Crippen molar-refractivity contribution in [3.8, 4) is 11.6 Å². The summed E-state index contributed by atoms with van der Waals surface area (Å²) in [4.78, 5) is 4.24. The molecule has 20 heavy (non-hydrogen) atoms. The lowest BCUT2D eigenvalue weighted by molar-refractivity contribution is 0.298. The third-order valence-corrected chi connectivity index (χ3v) is 2.61. The van der Waals surface area contributed by atoms with E-state index < -0.39 is 0 Å². The summed E-state index contributed by atoms with van der Waals surface area (Å²) in [5.41, 5.74) is 6.86. The molecule has 0 spiro atoms. The number of pyridine rings is 1. The maximum absolute atomic E-state index is 8.64. The molecule has 0 amide bonds. The van der Waals surface area contributed by atoms with E-state index in [9.17, 15) is 0 Å². The fourth-order valence-electron chi connectivity index (χ4n) is 1.61. The van der Waals surface area contributed by atoms with E-state index in [4.69, 9.17) is 20.4 Å². The summed E-state index contributed by atoms with van der Waals surface area (Å²) in [6.45, 7) is 0.302. The second kappa shape index (κ2) is 6.42. The summed E-state index contributed by atoms with van der Waals surface area (Å²) in [5.74, 6) is 1.19. The summed E-state index contributed by atoms with van der Waals surface area (Å²) in [7, 11) is 1.56. The van der Waals surface area contributed by atoms with Gasteiger partial charge in [0.15, 0.2) is 5.84 Å². The van der Waals surface area contributed by atoms with E-state index in [0.717, 1.165) is 5.69 Å². The molecular formula is C14H15N3O3. The minimum Gasteiger partial charge on any atom is -0.487 e. The Kier molecular flexibility index (Phi) is 4.39. The van der Waals surface area contributed by atoms with E-state index in [0.29, 0.717) is 23.8 Å². The van der Waals surface area contributed by atoms with Crippen molar-refractivity contribution in [2.24, 2.45) is 10.9 Å². The van der Waals surface area contributed by atoms with Crippen LogP contribution in [-0.4, -0.2) is 23.1 Å². The number of hydrogen-bond acceptors (Lipinski definition) is 5. The lowest BCUT2D eigenvalue weighted by Crippen LogP contribution is -2.13. The monoisotopic (exact) mass is 273 g/mol. The Hall–Kier alpha value is -2.76. The maximum atomic E-state index is 8.64. The van der Waals surface area contributed by atoms with E-state index >= 15 is 0 Å². The number of nitrogens with two attached hydrogens (primary N) is 1. The van der Waals surface area contributed by atoms with Crippen LogP contribution in [0.3, 0.4) is 0 Å². The second-order valence-electron chi connectivity index (χ2n) is 3.97. The molecule has 2 aromatic rings. The molecule has 0 radical (unpaired) electrons. The van der Waals surface area contributed by atoms with Crippen LogP contribution in [-0.2, 0) is 6.61 Å². The maximum Gasteiger partial charge on any atom is 0.213 e. The van der Waals surface area contributed by atoms with Gasteiger partial charge in [0.1, 0.15) is 12.4 Å². The van der Waals surface area contributed by atoms with Crippen molar-refractivity contribution in [1.82, 2.24) is 4.98 Å². The Morgan fingerprint density at radius 1 is 1.30 bits per heavy atom. The van der Waals surface area contributed by atoms with Gasteiger partial charge in [-0.3, -0.25) is 0 Å². The number of rotatable bonds is 5. The largest absolute Gasteiger partial charge is 0.487 e. The highest BCUT2D eigenvalue weighted by Crippen LogP contribution is 2.15. The SMILES string of the molecule is COc1cccc(COc2cccc(C(N)=NO)c2)n1. The van der Waals surface area contributed by atoms with Gasteiger partial charge in [0.25, 0.3) is 0 Å². The van der Waals surface area contributed by atoms with Crippen LogP contribution in [0.15, 0.2) is 47.6 Å². The molecule has 1 aromatic carbocycles. The molecule has 1 heterocycles. The Balaban J connectivity index is 2.07. The van der Waals surface area contributed by atoms with Crippen molar-refractivity contribution in [2.45, 2.75) is 6.61 Å². The van der Waals surface area contributed by atoms with E-state index in [1.165, 1.54) is 0 Å². The van der Waals surface area contributed by atoms with Crippen LogP contribution in [0.5, 0.6) is 11.6 Å². The van der Waals surface area contributed by atoms with Crippen molar-refractivity contribution in [2.75, 3.05) is 7.11 Å². The Bertz CT molecular complexity index is 614. The van der Waals surface area contributed by atoms with Crippen LogP contribution in [0.4, 0.5) is 0 Å². The zero-order chi connectivity index (χ0) is 14.4. The Labute approximate surface area is 116 Å².